The number of unbranched alkanes of at least 4 members (excludes halogenated alkanes) is 5. The molecule has 1 fully saturated rings. The van der Waals surface area contributed by atoms with Crippen molar-refractivity contribution in [2.45, 2.75) is 177 Å². The van der Waals surface area contributed by atoms with Crippen LogP contribution in [0.25, 0.3) is 11.1 Å². The number of carbonyl (C=O) groups is 9. The standard InChI is InChI=1S/C77H90Cl2N10O23/c1-6-7-8-9-10-11-22-108-42-17-12-36(13-18-42)32-82-35(4)69(99)83-33-55-65(96)66(97)67(98)77(111-55)112-68-53-27-40-28-54(68)110-52-21-16-39(26-46(52)79)64(95)62-75(105)87-60(76(106)107)44-29-41(90)30-50(92)57(44)43-24-37(14-19-49(43)91)58(72(102)89-62)86-73(103)59(40)85-71(101)48(31-56(80)93)84-74(104)61(88-70(100)47(81-5)23-34(2)3)63(94)38-15-20-51(109-53)45(78)25-38/h12-21,24-30,34-35,47-48,55,58-67,77,81-82,90-92,94-98H,6-11,22-23,31-33H2,1-5H3,(H2,80,93)(H,83,99)(H,84,104)(H,85,101)(H,86,103)(H,87,105)(H,88,100)(H,89,102)(H,106,107)/t35?,47-,48+,55+,58-,59-,60+,61-,62+,63-,64-,65+,66-,67+,77-/m1/s1. The quantitative estimate of drug-likeness (QED) is 0.0382. The zero-order valence-electron chi connectivity index (χ0n) is 61.4. The van der Waals surface area contributed by atoms with Gasteiger partial charge in [-0.05, 0) is 127 Å². The largest absolute Gasteiger partial charge is 0.508 e. The normalized spacial score (nSPS) is 23.7. The molecule has 6 aromatic rings. The number of amides is 8. The number of carboxylic acid groups (broad SMARTS) is 1. The summed E-state index contributed by atoms with van der Waals surface area (Å²) in [4.78, 5) is 131. The Hall–Kier alpha value is -10.6. The maximum absolute atomic E-state index is 16.0. The number of carboxylic acids is 1. The Bertz CT molecular complexity index is 4500. The van der Waals surface area contributed by atoms with Gasteiger partial charge in [0.05, 0.1) is 35.2 Å². The molecule has 8 amide bonds. The van der Waals surface area contributed by atoms with Gasteiger partial charge < -0.3 is 123 Å². The third-order valence-corrected chi connectivity index (χ3v) is 20.0. The van der Waals surface area contributed by atoms with Crippen molar-refractivity contribution in [1.82, 2.24) is 47.9 Å². The molecule has 12 rings (SSSR count). The number of carbonyl (C=O) groups excluding carboxylic acids is 8. The van der Waals surface area contributed by atoms with E-state index in [9.17, 15) is 74.7 Å². The van der Waals surface area contributed by atoms with E-state index in [0.29, 0.717) is 12.4 Å². The number of aliphatic carboxylic acids is 1. The minimum atomic E-state index is -2.35. The molecule has 35 heteroatoms. The van der Waals surface area contributed by atoms with Crippen molar-refractivity contribution in [2.24, 2.45) is 11.7 Å². The van der Waals surface area contributed by atoms with Crippen LogP contribution in [0.15, 0.2) is 103 Å². The number of aliphatic hydroxyl groups excluding tert-OH is 5. The molecule has 6 aromatic carbocycles. The number of aromatic hydroxyl groups is 3. The lowest BCUT2D eigenvalue weighted by atomic mass is 9.89. The number of rotatable bonds is 24. The molecular formula is C77H90Cl2N10O23. The van der Waals surface area contributed by atoms with Crippen LogP contribution in [-0.2, 0) is 54.4 Å². The van der Waals surface area contributed by atoms with Gasteiger partial charge in [-0.25, -0.2) is 4.79 Å². The SMILES string of the molecule is CCCCCCCCOc1ccc(CNC(C)C(=O)NC[C@@H]2O[C@H](Oc3c4cc5cc3Oc3ccc(cc3Cl)[C@@H](O)[C@@H](NC(=O)[C@@H](CC(C)C)NC)C(=O)N[C@@H](CC(N)=O)C(=O)N[C@H]5C(=O)N[C@H]3C(=O)N[C@H](C(=O)N[C@H](C(=O)O)c5cc(O)cc(O)c5-c5cc3ccc5O)[C@H](O)c3ccc(c(Cl)c3)O4)[C@@H](O)[C@H](O)[C@H]2O)cc1. The number of benzene rings is 6. The molecule has 1 unspecified atom stereocenters. The summed E-state index contributed by atoms with van der Waals surface area (Å²) >= 11 is 14.1. The number of phenols is 3. The highest BCUT2D eigenvalue weighted by atomic mass is 35.5. The fraction of sp³-hybridized carbons (Fsp3) is 0.416. The van der Waals surface area contributed by atoms with E-state index in [1.165, 1.54) is 32.0 Å². The lowest BCUT2D eigenvalue weighted by Gasteiger charge is -2.40. The number of nitrogens with one attached hydrogen (secondary N) is 9. The van der Waals surface area contributed by atoms with Crippen LogP contribution >= 0.6 is 23.2 Å². The molecule has 6 heterocycles. The van der Waals surface area contributed by atoms with Crippen molar-refractivity contribution in [2.75, 3.05) is 20.2 Å². The summed E-state index contributed by atoms with van der Waals surface area (Å²) in [6.45, 7) is 7.66. The number of fused-ring (bicyclic) bond motifs is 15. The molecule has 6 aliphatic heterocycles. The minimum Gasteiger partial charge on any atom is -0.508 e. The summed E-state index contributed by atoms with van der Waals surface area (Å²) in [7, 11) is 1.48. The van der Waals surface area contributed by atoms with Crippen LogP contribution in [0.3, 0.4) is 0 Å². The number of nitrogens with two attached hydrogens (primary N) is 1. The average Bonchev–Trinajstić information content (AvgIpc) is 0.749. The number of likely N-dealkylation sites (N-methyl/N-ethyl adjacent to an activating group) is 1. The average molecular weight is 1590 g/mol. The Morgan fingerprint density at radius 3 is 1.87 bits per heavy atom. The van der Waals surface area contributed by atoms with E-state index in [4.69, 9.17) is 52.6 Å². The van der Waals surface area contributed by atoms with Gasteiger partial charge in [0.25, 0.3) is 0 Å². The summed E-state index contributed by atoms with van der Waals surface area (Å²) in [5.74, 6) is -15.9. The zero-order valence-corrected chi connectivity index (χ0v) is 62.9. The highest BCUT2D eigenvalue weighted by molar-refractivity contribution is 6.32. The lowest BCUT2D eigenvalue weighted by molar-refractivity contribution is -0.271. The Kier molecular flexibility index (Phi) is 27.8. The van der Waals surface area contributed by atoms with Gasteiger partial charge in [-0.2, -0.15) is 0 Å². The first-order valence-electron chi connectivity index (χ1n) is 36.3. The monoisotopic (exact) mass is 1590 g/mol. The van der Waals surface area contributed by atoms with Gasteiger partial charge in [0.15, 0.2) is 17.5 Å². The Morgan fingerprint density at radius 1 is 0.625 bits per heavy atom. The molecule has 0 radical (unpaired) electrons. The fourth-order valence-electron chi connectivity index (χ4n) is 13.2. The zero-order chi connectivity index (χ0) is 81.1. The van der Waals surface area contributed by atoms with Gasteiger partial charge in [0, 0.05) is 35.8 Å². The topological polar surface area (TPSA) is 516 Å². The first-order valence-corrected chi connectivity index (χ1v) is 37.1. The van der Waals surface area contributed by atoms with E-state index in [1.54, 1.807) is 6.92 Å². The second kappa shape index (κ2) is 37.2. The van der Waals surface area contributed by atoms with Crippen molar-refractivity contribution in [3.63, 3.8) is 0 Å². The Labute approximate surface area is 652 Å². The summed E-state index contributed by atoms with van der Waals surface area (Å²) in [6.07, 6.45) is -8.47. The lowest BCUT2D eigenvalue weighted by Crippen LogP contribution is -2.61. The van der Waals surface area contributed by atoms with E-state index in [0.717, 1.165) is 98.0 Å². The van der Waals surface area contributed by atoms with Gasteiger partial charge >= 0.3 is 5.97 Å². The van der Waals surface area contributed by atoms with Gasteiger partial charge in [-0.15, -0.1) is 0 Å². The number of phenolic OH excluding ortho intramolecular Hbond substituents is 3. The maximum Gasteiger partial charge on any atom is 0.330 e. The van der Waals surface area contributed by atoms with E-state index in [2.05, 4.69) is 54.8 Å². The van der Waals surface area contributed by atoms with Gasteiger partial charge in [-0.1, -0.05) is 106 Å². The minimum absolute atomic E-state index is 0.0989. The van der Waals surface area contributed by atoms with Crippen molar-refractivity contribution in [1.29, 1.82) is 0 Å². The highest BCUT2D eigenvalue weighted by Gasteiger charge is 2.47. The first kappa shape index (κ1) is 83.9. The van der Waals surface area contributed by atoms with Gasteiger partial charge in [-0.3, -0.25) is 38.4 Å². The first-order chi connectivity index (χ1) is 53.3. The van der Waals surface area contributed by atoms with Gasteiger partial charge in [0.2, 0.25) is 59.3 Å². The van der Waals surface area contributed by atoms with Crippen LogP contribution in [0.2, 0.25) is 10.0 Å². The van der Waals surface area contributed by atoms with Crippen LogP contribution in [0, 0.1) is 5.92 Å². The van der Waals surface area contributed by atoms with Crippen molar-refractivity contribution < 1.29 is 113 Å². The van der Waals surface area contributed by atoms with Gasteiger partial charge in [0.1, 0.15) is 101 Å². The van der Waals surface area contributed by atoms with Crippen LogP contribution in [-0.4, -0.2) is 180 Å². The second-order valence-electron chi connectivity index (χ2n) is 28.1. The number of halogens is 2. The van der Waals surface area contributed by atoms with E-state index < -0.39 is 225 Å². The predicted molar refractivity (Wildman–Crippen MR) is 400 cm³/mol. The van der Waals surface area contributed by atoms with Crippen molar-refractivity contribution in [3.8, 4) is 62.9 Å². The summed E-state index contributed by atoms with van der Waals surface area (Å²) in [5, 5.41) is 127. The molecule has 20 N–H and O–H groups in total. The molecule has 0 saturated carbocycles. The Balaban J connectivity index is 1.10. The second-order valence-corrected chi connectivity index (χ2v) is 28.9. The molecule has 0 aliphatic carbocycles. The molecule has 600 valence electrons. The number of primary amides is 1. The van der Waals surface area contributed by atoms with Crippen LogP contribution < -0.4 is 72.5 Å². The van der Waals surface area contributed by atoms with E-state index >= 15 is 14.4 Å². The number of ether oxygens (including phenoxy) is 5. The predicted octanol–water partition coefficient (Wildman–Crippen LogP) is 3.91. The van der Waals surface area contributed by atoms with Crippen LogP contribution in [0.5, 0.6) is 51.7 Å². The third kappa shape index (κ3) is 20.0. The molecule has 0 aromatic heterocycles. The molecule has 1 saturated heterocycles. The van der Waals surface area contributed by atoms with E-state index in [-0.39, 0.29) is 46.3 Å². The maximum atomic E-state index is 16.0. The molecule has 0 spiro atoms. The molecule has 11 bridgehead atoms. The third-order valence-electron chi connectivity index (χ3n) is 19.4. The van der Waals surface area contributed by atoms with Crippen molar-refractivity contribution in [3.05, 3.63) is 147 Å². The molecular weight excluding hydrogens is 1500 g/mol. The molecule has 33 nitrogen and oxygen atoms in total. The fourth-order valence-corrected chi connectivity index (χ4v) is 13.7. The Morgan fingerprint density at radius 2 is 1.24 bits per heavy atom. The number of hydrogen-bond donors (Lipinski definition) is 19. The molecule has 112 heavy (non-hydrogen) atoms. The van der Waals surface area contributed by atoms with Crippen LogP contribution in [0.1, 0.15) is 143 Å². The van der Waals surface area contributed by atoms with Crippen molar-refractivity contribution >= 4 is 76.4 Å². The van der Waals surface area contributed by atoms with Crippen LogP contribution in [0.4, 0.5) is 0 Å². The summed E-state index contributed by atoms with van der Waals surface area (Å²) in [5.41, 5.74) is 3.73. The van der Waals surface area contributed by atoms with E-state index in [1.807, 2.05) is 38.1 Å². The summed E-state index contributed by atoms with van der Waals surface area (Å²) in [6, 6.07) is 5.79. The molecule has 15 atom stereocenters. The highest BCUT2D eigenvalue weighted by Crippen LogP contribution is 2.49. The molecule has 6 aliphatic rings. The number of aliphatic hydroxyl groups is 5. The smallest absolute Gasteiger partial charge is 0.330 e. The summed E-state index contributed by atoms with van der Waals surface area (Å²) < 4.78 is 31.8. The number of hydrogen-bond acceptors (Lipinski definition) is 24.